The van der Waals surface area contributed by atoms with Gasteiger partial charge in [-0.15, -0.1) is 0 Å². The van der Waals surface area contributed by atoms with Crippen molar-refractivity contribution in [3.05, 3.63) is 34.5 Å². The number of nitrogens with zero attached hydrogens (tertiary/aromatic N) is 9. The minimum Gasteiger partial charge on any atom is -0.395 e. The van der Waals surface area contributed by atoms with Gasteiger partial charge in [-0.25, -0.2) is 0 Å². The van der Waals surface area contributed by atoms with Gasteiger partial charge >= 0.3 is 0 Å². The van der Waals surface area contributed by atoms with Crippen LogP contribution < -0.4 is 15.5 Å². The summed E-state index contributed by atoms with van der Waals surface area (Å²) in [4.78, 5) is 16.4. The van der Waals surface area contributed by atoms with Gasteiger partial charge in [-0.3, -0.25) is 4.90 Å². The molecule has 0 spiro atoms. The summed E-state index contributed by atoms with van der Waals surface area (Å²) in [5.74, 6) is 0.771. The van der Waals surface area contributed by atoms with E-state index < -0.39 is 0 Å². The van der Waals surface area contributed by atoms with Crippen molar-refractivity contribution in [2.45, 2.75) is 50.7 Å². The number of likely N-dealkylation sites (tertiary alicyclic amines) is 1. The van der Waals surface area contributed by atoms with Crippen LogP contribution in [0.3, 0.4) is 0 Å². The quantitative estimate of drug-likeness (QED) is 0.364. The minimum atomic E-state index is 0.199. The predicted octanol–water partition coefficient (Wildman–Crippen LogP) is 2.81. The second-order valence-corrected chi connectivity index (χ2v) is 11.5. The van der Waals surface area contributed by atoms with Gasteiger partial charge < -0.3 is 25.5 Å². The smallest absolute Gasteiger partial charge is 0.232 e. The molecule has 3 N–H and O–H groups in total. The summed E-state index contributed by atoms with van der Waals surface area (Å²) >= 11 is 7.01. The summed E-state index contributed by atoms with van der Waals surface area (Å²) in [6.07, 6.45) is 5.80. The average molecular weight is 576 g/mol. The van der Waals surface area contributed by atoms with Crippen LogP contribution in [-0.2, 0) is 0 Å². The van der Waals surface area contributed by atoms with E-state index in [1.165, 1.54) is 6.20 Å². The number of hydrogen-bond donors (Lipinski definition) is 3. The maximum atomic E-state index is 9.86. The number of hydrogen-bond acceptors (Lipinski definition) is 11. The Morgan fingerprint density at radius 1 is 1.07 bits per heavy atom. The molecular weight excluding hydrogens is 542 g/mol. The van der Waals surface area contributed by atoms with Gasteiger partial charge in [-0.05, 0) is 57.8 Å². The van der Waals surface area contributed by atoms with Crippen molar-refractivity contribution in [3.63, 3.8) is 0 Å². The number of aromatic nitrogens is 4. The zero-order chi connectivity index (χ0) is 28.5. The van der Waals surface area contributed by atoms with Crippen molar-refractivity contribution in [2.24, 2.45) is 0 Å². The van der Waals surface area contributed by atoms with Crippen LogP contribution in [-0.4, -0.2) is 98.5 Å². The lowest BCUT2D eigenvalue weighted by molar-refractivity contribution is 0.0846. The third-order valence-electron chi connectivity index (χ3n) is 8.29. The number of nitrogens with one attached hydrogen (secondary N) is 2. The molecule has 13 heteroatoms. The van der Waals surface area contributed by atoms with Crippen LogP contribution in [0.15, 0.2) is 18.3 Å². The van der Waals surface area contributed by atoms with Gasteiger partial charge in [0.1, 0.15) is 11.6 Å². The van der Waals surface area contributed by atoms with E-state index in [1.807, 2.05) is 6.07 Å². The summed E-state index contributed by atoms with van der Waals surface area (Å²) in [5.41, 5.74) is 2.56. The molecule has 3 aliphatic rings. The fourth-order valence-electron chi connectivity index (χ4n) is 5.93. The average Bonchev–Trinajstić information content (AvgIpc) is 3.70. The molecule has 0 bridgehead atoms. The van der Waals surface area contributed by atoms with Crippen LogP contribution in [0.5, 0.6) is 0 Å². The Balaban J connectivity index is 1.23. The summed E-state index contributed by atoms with van der Waals surface area (Å²) in [6, 6.07) is 9.02. The normalized spacial score (nSPS) is 20.6. The molecule has 3 aromatic rings. The number of benzene rings is 1. The molecule has 1 atom stereocenters. The van der Waals surface area contributed by atoms with Crippen LogP contribution in [0, 0.1) is 22.7 Å². The molecule has 1 aromatic carbocycles. The van der Waals surface area contributed by atoms with Gasteiger partial charge in [0.2, 0.25) is 11.9 Å². The molecule has 0 radical (unpaired) electrons. The molecule has 1 aliphatic carbocycles. The second kappa shape index (κ2) is 11.7. The number of piperidine rings is 1. The molecule has 2 saturated heterocycles. The van der Waals surface area contributed by atoms with Crippen LogP contribution in [0.25, 0.3) is 5.65 Å². The van der Waals surface area contributed by atoms with Crippen LogP contribution in [0.4, 0.5) is 23.3 Å². The number of fused-ring (bicyclic) bond motifs is 1. The van der Waals surface area contributed by atoms with Crippen molar-refractivity contribution in [1.82, 2.24) is 29.4 Å². The molecule has 1 saturated carbocycles. The summed E-state index contributed by atoms with van der Waals surface area (Å²) in [7, 11) is 0. The van der Waals surface area contributed by atoms with Crippen LogP contribution in [0.2, 0.25) is 5.02 Å². The summed E-state index contributed by atoms with van der Waals surface area (Å²) in [5, 5.41) is 40.0. The van der Waals surface area contributed by atoms with E-state index in [4.69, 9.17) is 11.6 Å². The molecule has 0 unspecified atom stereocenters. The van der Waals surface area contributed by atoms with Crippen molar-refractivity contribution in [1.29, 1.82) is 10.5 Å². The Morgan fingerprint density at radius 3 is 2.56 bits per heavy atom. The Kier molecular flexibility index (Phi) is 7.82. The lowest BCUT2D eigenvalue weighted by atomic mass is 10.0. The van der Waals surface area contributed by atoms with Crippen molar-refractivity contribution >= 4 is 40.5 Å². The van der Waals surface area contributed by atoms with Crippen molar-refractivity contribution in [3.8, 4) is 12.1 Å². The Bertz CT molecular complexity index is 1500. The second-order valence-electron chi connectivity index (χ2n) is 11.1. The topological polar surface area (TPSA) is 145 Å². The van der Waals surface area contributed by atoms with E-state index in [1.54, 1.807) is 10.6 Å². The predicted molar refractivity (Wildman–Crippen MR) is 157 cm³/mol. The summed E-state index contributed by atoms with van der Waals surface area (Å²) < 4.78 is 1.54. The molecule has 2 aliphatic heterocycles. The number of rotatable bonds is 8. The van der Waals surface area contributed by atoms with Crippen molar-refractivity contribution in [2.75, 3.05) is 61.4 Å². The number of aliphatic hydroxyl groups is 1. The van der Waals surface area contributed by atoms with E-state index in [-0.39, 0.29) is 18.6 Å². The van der Waals surface area contributed by atoms with E-state index in [2.05, 4.69) is 59.5 Å². The third kappa shape index (κ3) is 5.74. The molecule has 2 aromatic heterocycles. The highest BCUT2D eigenvalue weighted by Gasteiger charge is 2.32. The fraction of sp³-hybridized carbons (Fsp3) is 0.536. The lowest BCUT2D eigenvalue weighted by Gasteiger charge is -2.46. The van der Waals surface area contributed by atoms with Gasteiger partial charge in [0.15, 0.2) is 5.65 Å². The maximum absolute atomic E-state index is 9.86. The van der Waals surface area contributed by atoms with E-state index in [0.29, 0.717) is 45.5 Å². The highest BCUT2D eigenvalue weighted by atomic mass is 35.5. The van der Waals surface area contributed by atoms with Gasteiger partial charge in [0.25, 0.3) is 0 Å². The van der Waals surface area contributed by atoms with E-state index >= 15 is 0 Å². The number of β-amino-alcohol motifs (C(OH)–C–C–N with tert-alkyl or cyclic N) is 1. The maximum Gasteiger partial charge on any atom is 0.232 e. The first-order valence-corrected chi connectivity index (χ1v) is 14.6. The van der Waals surface area contributed by atoms with Gasteiger partial charge in [-0.1, -0.05) is 11.6 Å². The summed E-state index contributed by atoms with van der Waals surface area (Å²) in [6.45, 7) is 7.83. The monoisotopic (exact) mass is 575 g/mol. The number of aliphatic hydroxyl groups excluding tert-OH is 1. The number of anilines is 4. The molecular formula is C28H34ClN11O. The zero-order valence-corrected chi connectivity index (χ0v) is 23.8. The molecule has 12 nitrogen and oxygen atoms in total. The Morgan fingerprint density at radius 2 is 1.88 bits per heavy atom. The first-order valence-electron chi connectivity index (χ1n) is 14.2. The number of piperazine rings is 1. The SMILES string of the molecule is C[C@H]1CN(C2CCN(CCO)CC2)CCN1c1cc(C#N)cc(Nc2nc(NC3CC3)n3ncc(C#N)c3n2)c1Cl. The van der Waals surface area contributed by atoms with Gasteiger partial charge in [0, 0.05) is 44.3 Å². The van der Waals surface area contributed by atoms with Crippen molar-refractivity contribution < 1.29 is 5.11 Å². The first kappa shape index (κ1) is 27.5. The highest BCUT2D eigenvalue weighted by molar-refractivity contribution is 6.36. The molecule has 214 valence electrons. The molecule has 0 amide bonds. The van der Waals surface area contributed by atoms with Gasteiger partial charge in [-0.2, -0.15) is 30.1 Å². The molecule has 3 fully saturated rings. The number of nitriles is 2. The molecule has 6 rings (SSSR count). The fourth-order valence-corrected chi connectivity index (χ4v) is 6.20. The lowest BCUT2D eigenvalue weighted by Crippen LogP contribution is -2.57. The van der Waals surface area contributed by atoms with Gasteiger partial charge in [0.05, 0.1) is 40.8 Å². The zero-order valence-electron chi connectivity index (χ0n) is 23.1. The third-order valence-corrected chi connectivity index (χ3v) is 8.68. The molecule has 41 heavy (non-hydrogen) atoms. The van der Waals surface area contributed by atoms with E-state index in [9.17, 15) is 15.6 Å². The standard InChI is InChI=1S/C28H34ClN11O/c1-18-17-38(22-4-6-37(7-5-22)10-11-41)8-9-39(18)24-13-19(14-30)12-23(25(24)29)34-27-35-26-20(15-31)16-32-40(26)28(36-27)33-21-2-3-21/h12-13,16,18,21-22,41H,2-11,17H2,1H3,(H2,33,34,35,36)/t18-/m0/s1. The highest BCUT2D eigenvalue weighted by Crippen LogP contribution is 2.38. The van der Waals surface area contributed by atoms with E-state index in [0.717, 1.165) is 70.6 Å². The largest absolute Gasteiger partial charge is 0.395 e. The Labute approximate surface area is 244 Å². The Hall–Kier alpha value is -3.68. The van der Waals surface area contributed by atoms with Crippen LogP contribution >= 0.6 is 11.6 Å². The number of halogens is 1. The first-order chi connectivity index (χ1) is 20.0. The minimum absolute atomic E-state index is 0.199. The molecule has 4 heterocycles. The van der Waals surface area contributed by atoms with Crippen LogP contribution in [0.1, 0.15) is 43.7 Å².